The predicted octanol–water partition coefficient (Wildman–Crippen LogP) is 1.45. The molecule has 1 amide bonds. The molecule has 0 radical (unpaired) electrons. The Balaban J connectivity index is 1.94. The Hall–Kier alpha value is -2.45. The molecule has 1 N–H and O–H groups in total. The number of amides is 1. The smallest absolute Gasteiger partial charge is 0.325 e. The first-order valence-corrected chi connectivity index (χ1v) is 7.78. The highest BCUT2D eigenvalue weighted by Gasteiger charge is 2.15. The van der Waals surface area contributed by atoms with Crippen LogP contribution in [0.2, 0.25) is 5.02 Å². The number of hydrogen-bond acceptors (Lipinski definition) is 5. The van der Waals surface area contributed by atoms with Crippen LogP contribution in [-0.2, 0) is 18.4 Å². The molecule has 0 atom stereocenters. The molecule has 0 fully saturated rings. The molecule has 0 aliphatic carbocycles. The number of carbonyl (C=O) groups is 1. The standard InChI is InChI=1S/C14H11ClN4O3S/c1-18-13(21)12-10(7-23-17-12)19(14(18)22)6-11(20)16-9-4-2-8(15)3-5-9/h2-5,7H,6H2,1H3,(H,16,20). The third-order valence-corrected chi connectivity index (χ3v) is 4.17. The van der Waals surface area contributed by atoms with Gasteiger partial charge in [-0.1, -0.05) is 11.6 Å². The van der Waals surface area contributed by atoms with Gasteiger partial charge in [0.1, 0.15) is 6.54 Å². The molecule has 2 heterocycles. The van der Waals surface area contributed by atoms with Gasteiger partial charge >= 0.3 is 5.69 Å². The zero-order chi connectivity index (χ0) is 16.6. The van der Waals surface area contributed by atoms with E-state index >= 15 is 0 Å². The SMILES string of the molecule is Cn1c(=O)c2nscc2n(CC(=O)Nc2ccc(Cl)cc2)c1=O. The lowest BCUT2D eigenvalue weighted by atomic mass is 10.3. The van der Waals surface area contributed by atoms with E-state index in [0.717, 1.165) is 16.1 Å². The largest absolute Gasteiger partial charge is 0.331 e. The van der Waals surface area contributed by atoms with E-state index < -0.39 is 11.2 Å². The Kier molecular flexibility index (Phi) is 4.01. The van der Waals surface area contributed by atoms with Crippen LogP contribution in [0.5, 0.6) is 0 Å². The summed E-state index contributed by atoms with van der Waals surface area (Å²) in [5.74, 6) is -0.388. The van der Waals surface area contributed by atoms with Crippen LogP contribution in [0.1, 0.15) is 0 Å². The van der Waals surface area contributed by atoms with Gasteiger partial charge < -0.3 is 5.32 Å². The predicted molar refractivity (Wildman–Crippen MR) is 89.2 cm³/mol. The van der Waals surface area contributed by atoms with Gasteiger partial charge in [-0.25, -0.2) is 4.79 Å². The third-order valence-electron chi connectivity index (χ3n) is 3.30. The number of nitrogens with one attached hydrogen (secondary N) is 1. The molecule has 118 valence electrons. The van der Waals surface area contributed by atoms with E-state index in [9.17, 15) is 14.4 Å². The Labute approximate surface area is 138 Å². The molecule has 1 aromatic carbocycles. The number of aromatic nitrogens is 3. The molecule has 3 aromatic rings. The molecule has 2 aromatic heterocycles. The van der Waals surface area contributed by atoms with Crippen LogP contribution in [-0.4, -0.2) is 19.4 Å². The fourth-order valence-electron chi connectivity index (χ4n) is 2.13. The first kappa shape index (κ1) is 15.4. The normalized spacial score (nSPS) is 10.9. The van der Waals surface area contributed by atoms with Gasteiger partial charge in [0.15, 0.2) is 5.52 Å². The van der Waals surface area contributed by atoms with Crippen molar-refractivity contribution in [2.75, 3.05) is 5.32 Å². The Morgan fingerprint density at radius 2 is 2.00 bits per heavy atom. The molecule has 0 unspecified atom stereocenters. The van der Waals surface area contributed by atoms with E-state index in [1.165, 1.54) is 11.6 Å². The number of nitrogens with zero attached hydrogens (tertiary/aromatic N) is 3. The lowest BCUT2D eigenvalue weighted by molar-refractivity contribution is -0.116. The molecule has 0 bridgehead atoms. The minimum absolute atomic E-state index is 0.177. The van der Waals surface area contributed by atoms with Gasteiger partial charge in [-0.2, -0.15) is 4.37 Å². The second-order valence-corrected chi connectivity index (χ2v) is 5.90. The Morgan fingerprint density at radius 1 is 1.30 bits per heavy atom. The summed E-state index contributed by atoms with van der Waals surface area (Å²) >= 11 is 6.85. The van der Waals surface area contributed by atoms with Crippen LogP contribution in [0.3, 0.4) is 0 Å². The lowest BCUT2D eigenvalue weighted by Crippen LogP contribution is -2.40. The van der Waals surface area contributed by atoms with E-state index in [0.29, 0.717) is 16.2 Å². The minimum atomic E-state index is -0.561. The fraction of sp³-hybridized carbons (Fsp3) is 0.143. The molecule has 0 aliphatic rings. The van der Waals surface area contributed by atoms with Gasteiger partial charge in [0.05, 0.1) is 5.52 Å². The van der Waals surface area contributed by atoms with Crippen molar-refractivity contribution >= 4 is 45.8 Å². The summed E-state index contributed by atoms with van der Waals surface area (Å²) in [6.45, 7) is -0.218. The number of halogens is 1. The molecule has 3 rings (SSSR count). The Bertz CT molecular complexity index is 1000. The molecular formula is C14H11ClN4O3S. The Morgan fingerprint density at radius 3 is 2.70 bits per heavy atom. The van der Waals surface area contributed by atoms with Crippen LogP contribution < -0.4 is 16.6 Å². The van der Waals surface area contributed by atoms with Gasteiger partial charge in [-0.3, -0.25) is 18.7 Å². The molecule has 0 saturated heterocycles. The van der Waals surface area contributed by atoms with Crippen molar-refractivity contribution in [1.82, 2.24) is 13.5 Å². The molecule has 0 spiro atoms. The minimum Gasteiger partial charge on any atom is -0.325 e. The number of hydrogen-bond donors (Lipinski definition) is 1. The average molecular weight is 351 g/mol. The third kappa shape index (κ3) is 2.90. The van der Waals surface area contributed by atoms with Crippen LogP contribution in [0, 0.1) is 0 Å². The number of rotatable bonds is 3. The van der Waals surface area contributed by atoms with Crippen molar-refractivity contribution in [2.45, 2.75) is 6.54 Å². The highest BCUT2D eigenvalue weighted by molar-refractivity contribution is 7.04. The van der Waals surface area contributed by atoms with Crippen LogP contribution in [0.4, 0.5) is 5.69 Å². The maximum absolute atomic E-state index is 12.2. The summed E-state index contributed by atoms with van der Waals surface area (Å²) < 4.78 is 6.15. The average Bonchev–Trinajstić information content (AvgIpc) is 3.01. The number of fused-ring (bicyclic) bond motifs is 1. The molecular weight excluding hydrogens is 340 g/mol. The van der Waals surface area contributed by atoms with Crippen molar-refractivity contribution in [1.29, 1.82) is 0 Å². The summed E-state index contributed by atoms with van der Waals surface area (Å²) in [6, 6.07) is 6.62. The van der Waals surface area contributed by atoms with Crippen molar-refractivity contribution in [3.8, 4) is 0 Å². The molecule has 9 heteroatoms. The zero-order valence-corrected chi connectivity index (χ0v) is 13.5. The van der Waals surface area contributed by atoms with Crippen LogP contribution in [0.25, 0.3) is 11.0 Å². The van der Waals surface area contributed by atoms with E-state index in [1.54, 1.807) is 29.6 Å². The van der Waals surface area contributed by atoms with Crippen molar-refractivity contribution in [3.05, 3.63) is 55.5 Å². The molecule has 7 nitrogen and oxygen atoms in total. The van der Waals surface area contributed by atoms with E-state index in [2.05, 4.69) is 9.69 Å². The molecule has 0 saturated carbocycles. The summed E-state index contributed by atoms with van der Waals surface area (Å²) in [5.41, 5.74) is 0.0669. The lowest BCUT2D eigenvalue weighted by Gasteiger charge is -2.09. The monoisotopic (exact) mass is 350 g/mol. The summed E-state index contributed by atoms with van der Waals surface area (Å²) in [6.07, 6.45) is 0. The maximum Gasteiger partial charge on any atom is 0.331 e. The van der Waals surface area contributed by atoms with Gasteiger partial charge in [0.25, 0.3) is 5.56 Å². The maximum atomic E-state index is 12.2. The quantitative estimate of drug-likeness (QED) is 0.774. The summed E-state index contributed by atoms with van der Waals surface area (Å²) in [4.78, 5) is 36.4. The van der Waals surface area contributed by atoms with Crippen LogP contribution >= 0.6 is 23.1 Å². The van der Waals surface area contributed by atoms with Gasteiger partial charge in [-0.05, 0) is 35.8 Å². The van der Waals surface area contributed by atoms with Crippen molar-refractivity contribution < 1.29 is 4.79 Å². The van der Waals surface area contributed by atoms with E-state index in [1.807, 2.05) is 0 Å². The first-order valence-electron chi connectivity index (χ1n) is 6.56. The number of anilines is 1. The van der Waals surface area contributed by atoms with Gasteiger partial charge in [0.2, 0.25) is 5.91 Å². The van der Waals surface area contributed by atoms with Gasteiger partial charge in [-0.15, -0.1) is 0 Å². The first-order chi connectivity index (χ1) is 11.0. The van der Waals surface area contributed by atoms with Gasteiger partial charge in [0, 0.05) is 23.1 Å². The highest BCUT2D eigenvalue weighted by atomic mass is 35.5. The second kappa shape index (κ2) is 5.98. The van der Waals surface area contributed by atoms with Crippen molar-refractivity contribution in [3.63, 3.8) is 0 Å². The van der Waals surface area contributed by atoms with Crippen molar-refractivity contribution in [2.24, 2.45) is 7.05 Å². The number of benzene rings is 1. The highest BCUT2D eigenvalue weighted by Crippen LogP contribution is 2.14. The summed E-state index contributed by atoms with van der Waals surface area (Å²) in [5, 5.41) is 4.81. The second-order valence-electron chi connectivity index (χ2n) is 4.84. The van der Waals surface area contributed by atoms with E-state index in [4.69, 9.17) is 11.6 Å². The molecule has 23 heavy (non-hydrogen) atoms. The topological polar surface area (TPSA) is 86.0 Å². The molecule has 0 aliphatic heterocycles. The fourth-order valence-corrected chi connectivity index (χ4v) is 2.93. The zero-order valence-electron chi connectivity index (χ0n) is 11.9. The summed E-state index contributed by atoms with van der Waals surface area (Å²) in [7, 11) is 1.36. The number of carbonyl (C=O) groups excluding carboxylic acids is 1. The van der Waals surface area contributed by atoms with Crippen LogP contribution in [0.15, 0.2) is 39.2 Å². The van der Waals surface area contributed by atoms with E-state index in [-0.39, 0.29) is 18.0 Å².